The molecular formula is C17H25N3O4. The van der Waals surface area contributed by atoms with Gasteiger partial charge in [-0.05, 0) is 46.1 Å². The number of likely N-dealkylation sites (tertiary alicyclic amines) is 1. The molecule has 7 heteroatoms. The summed E-state index contributed by atoms with van der Waals surface area (Å²) in [6.45, 7) is 5.99. The van der Waals surface area contributed by atoms with Crippen LogP contribution in [0.25, 0.3) is 0 Å². The number of hydrogen-bond donors (Lipinski definition) is 1. The minimum atomic E-state index is -0.728. The molecule has 0 spiro atoms. The maximum absolute atomic E-state index is 12.7. The van der Waals surface area contributed by atoms with Gasteiger partial charge in [-0.3, -0.25) is 15.0 Å². The fourth-order valence-electron chi connectivity index (χ4n) is 3.43. The lowest BCUT2D eigenvalue weighted by Gasteiger charge is -2.34. The van der Waals surface area contributed by atoms with Crippen LogP contribution in [0.1, 0.15) is 45.2 Å². The van der Waals surface area contributed by atoms with E-state index in [0.717, 1.165) is 51.7 Å². The van der Waals surface area contributed by atoms with Crippen molar-refractivity contribution in [3.63, 3.8) is 0 Å². The van der Waals surface area contributed by atoms with Crippen LogP contribution in [0.4, 0.5) is 5.88 Å². The summed E-state index contributed by atoms with van der Waals surface area (Å²) in [6, 6.07) is 1.90. The van der Waals surface area contributed by atoms with Crippen molar-refractivity contribution in [3.05, 3.63) is 11.8 Å². The van der Waals surface area contributed by atoms with Gasteiger partial charge in [0.25, 0.3) is 0 Å². The molecule has 3 heterocycles. The highest BCUT2D eigenvalue weighted by Crippen LogP contribution is 2.27. The van der Waals surface area contributed by atoms with Gasteiger partial charge < -0.3 is 14.1 Å². The first-order chi connectivity index (χ1) is 11.5. The van der Waals surface area contributed by atoms with Gasteiger partial charge in [-0.1, -0.05) is 5.16 Å². The Hall–Kier alpha value is -1.73. The van der Waals surface area contributed by atoms with Crippen molar-refractivity contribution < 1.29 is 18.8 Å². The first-order valence-corrected chi connectivity index (χ1v) is 8.59. The van der Waals surface area contributed by atoms with E-state index in [1.807, 2.05) is 0 Å². The second kappa shape index (κ2) is 7.03. The number of aromatic nitrogens is 1. The second-order valence-electron chi connectivity index (χ2n) is 7.14. The highest BCUT2D eigenvalue weighted by Gasteiger charge is 2.36. The van der Waals surface area contributed by atoms with Crippen LogP contribution >= 0.6 is 0 Å². The van der Waals surface area contributed by atoms with Crippen LogP contribution in [0.5, 0.6) is 0 Å². The second-order valence-corrected chi connectivity index (χ2v) is 7.14. The van der Waals surface area contributed by atoms with Gasteiger partial charge in [0.05, 0.1) is 17.2 Å². The molecule has 1 aromatic heterocycles. The lowest BCUT2D eigenvalue weighted by Crippen LogP contribution is -2.47. The summed E-state index contributed by atoms with van der Waals surface area (Å²) in [4.78, 5) is 26.1. The van der Waals surface area contributed by atoms with Crippen molar-refractivity contribution in [2.45, 2.75) is 57.0 Å². The number of nitrogens with one attached hydrogen (secondary N) is 1. The van der Waals surface area contributed by atoms with Gasteiger partial charge in [0.15, 0.2) is 0 Å². The Balaban J connectivity index is 1.64. The summed E-state index contributed by atoms with van der Waals surface area (Å²) >= 11 is 0. The number of carbonyl (C=O) groups excluding carboxylic acids is 2. The van der Waals surface area contributed by atoms with E-state index in [-0.39, 0.29) is 11.9 Å². The maximum atomic E-state index is 12.7. The van der Waals surface area contributed by atoms with Gasteiger partial charge in [0, 0.05) is 25.3 Å². The molecule has 1 atom stereocenters. The Morgan fingerprint density at radius 2 is 2.12 bits per heavy atom. The lowest BCUT2D eigenvalue weighted by molar-refractivity contribution is -0.122. The highest BCUT2D eigenvalue weighted by molar-refractivity contribution is 5.94. The number of amides is 1. The molecule has 2 aliphatic rings. The molecule has 1 unspecified atom stereocenters. The zero-order valence-corrected chi connectivity index (χ0v) is 14.3. The molecule has 2 fully saturated rings. The molecule has 7 nitrogen and oxygen atoms in total. The number of hydrogen-bond acceptors (Lipinski definition) is 6. The molecule has 1 N–H and O–H groups in total. The fourth-order valence-corrected chi connectivity index (χ4v) is 3.43. The standard InChI is InChI=1S/C17H25N3O4/c1-17(2,11-21)14-10-15(24-19-14)18-16(22)13-4-3-7-20(13)12-5-8-23-9-6-12/h10-13H,3-9H2,1-2H3,(H,18,22). The smallest absolute Gasteiger partial charge is 0.244 e. The van der Waals surface area contributed by atoms with Crippen LogP contribution in [0.2, 0.25) is 0 Å². The maximum Gasteiger partial charge on any atom is 0.244 e. The van der Waals surface area contributed by atoms with E-state index in [4.69, 9.17) is 9.26 Å². The number of aldehydes is 1. The van der Waals surface area contributed by atoms with Gasteiger partial charge in [-0.15, -0.1) is 0 Å². The molecule has 0 radical (unpaired) electrons. The zero-order valence-electron chi connectivity index (χ0n) is 14.3. The van der Waals surface area contributed by atoms with Crippen molar-refractivity contribution in [1.82, 2.24) is 10.1 Å². The average Bonchev–Trinajstić information content (AvgIpc) is 3.25. The third-order valence-corrected chi connectivity index (χ3v) is 4.97. The summed E-state index contributed by atoms with van der Waals surface area (Å²) in [5.41, 5.74) is -0.214. The Bertz CT molecular complexity index is 592. The van der Waals surface area contributed by atoms with Crippen molar-refractivity contribution in [3.8, 4) is 0 Å². The van der Waals surface area contributed by atoms with Crippen LogP contribution in [0.15, 0.2) is 10.6 Å². The molecule has 1 aromatic rings. The molecular weight excluding hydrogens is 310 g/mol. The summed E-state index contributed by atoms with van der Waals surface area (Å²) < 4.78 is 10.6. The summed E-state index contributed by atoms with van der Waals surface area (Å²) in [7, 11) is 0. The summed E-state index contributed by atoms with van der Waals surface area (Å²) in [6.07, 6.45) is 4.65. The van der Waals surface area contributed by atoms with Crippen LogP contribution in [0, 0.1) is 0 Å². The molecule has 0 bridgehead atoms. The first kappa shape index (κ1) is 17.1. The number of nitrogens with zero attached hydrogens (tertiary/aromatic N) is 2. The van der Waals surface area contributed by atoms with Gasteiger partial charge in [0.2, 0.25) is 11.8 Å². The minimum Gasteiger partial charge on any atom is -0.381 e. The van der Waals surface area contributed by atoms with Crippen LogP contribution in [-0.4, -0.2) is 54.1 Å². The van der Waals surface area contributed by atoms with E-state index in [1.54, 1.807) is 19.9 Å². The number of anilines is 1. The topological polar surface area (TPSA) is 84.7 Å². The van der Waals surface area contributed by atoms with Crippen molar-refractivity contribution in [2.75, 3.05) is 25.1 Å². The van der Waals surface area contributed by atoms with Crippen LogP contribution in [-0.2, 0) is 19.7 Å². The zero-order chi connectivity index (χ0) is 17.2. The van der Waals surface area contributed by atoms with Crippen LogP contribution in [0.3, 0.4) is 0 Å². The summed E-state index contributed by atoms with van der Waals surface area (Å²) in [5.74, 6) is 0.231. The average molecular weight is 335 g/mol. The molecule has 2 saturated heterocycles. The van der Waals surface area contributed by atoms with Gasteiger partial charge in [0.1, 0.15) is 6.29 Å². The van der Waals surface area contributed by atoms with E-state index in [9.17, 15) is 9.59 Å². The molecule has 2 aliphatic heterocycles. The van der Waals surface area contributed by atoms with Crippen molar-refractivity contribution in [2.24, 2.45) is 0 Å². The SMILES string of the molecule is CC(C)(C=O)c1cc(NC(=O)C2CCCN2C2CCOCC2)on1. The first-order valence-electron chi connectivity index (χ1n) is 8.59. The van der Waals surface area contributed by atoms with E-state index >= 15 is 0 Å². The Morgan fingerprint density at radius 3 is 2.83 bits per heavy atom. The molecule has 1 amide bonds. The molecule has 0 aromatic carbocycles. The summed E-state index contributed by atoms with van der Waals surface area (Å²) in [5, 5.41) is 6.71. The predicted octanol–water partition coefficient (Wildman–Crippen LogP) is 1.73. The number of ether oxygens (including phenoxy) is 1. The fraction of sp³-hybridized carbons (Fsp3) is 0.706. The Kier molecular flexibility index (Phi) is 5.01. The largest absolute Gasteiger partial charge is 0.381 e. The predicted molar refractivity (Wildman–Crippen MR) is 87.8 cm³/mol. The molecule has 24 heavy (non-hydrogen) atoms. The number of rotatable bonds is 5. The van der Waals surface area contributed by atoms with Gasteiger partial charge in [-0.2, -0.15) is 0 Å². The molecule has 3 rings (SSSR count). The third kappa shape index (κ3) is 3.52. The molecule has 0 saturated carbocycles. The van der Waals surface area contributed by atoms with E-state index in [2.05, 4.69) is 15.4 Å². The van der Waals surface area contributed by atoms with Gasteiger partial charge >= 0.3 is 0 Å². The normalized spacial score (nSPS) is 23.3. The number of carbonyl (C=O) groups is 2. The quantitative estimate of drug-likeness (QED) is 0.825. The van der Waals surface area contributed by atoms with E-state index < -0.39 is 5.41 Å². The highest BCUT2D eigenvalue weighted by atomic mass is 16.5. The lowest BCUT2D eigenvalue weighted by atomic mass is 9.92. The Labute approximate surface area is 141 Å². The van der Waals surface area contributed by atoms with E-state index in [1.165, 1.54) is 0 Å². The van der Waals surface area contributed by atoms with Gasteiger partial charge in [-0.25, -0.2) is 0 Å². The monoisotopic (exact) mass is 335 g/mol. The third-order valence-electron chi connectivity index (χ3n) is 4.97. The minimum absolute atomic E-state index is 0.0643. The van der Waals surface area contributed by atoms with Crippen LogP contribution < -0.4 is 5.32 Å². The van der Waals surface area contributed by atoms with E-state index in [0.29, 0.717) is 17.6 Å². The van der Waals surface area contributed by atoms with Crippen molar-refractivity contribution >= 4 is 18.1 Å². The molecule has 0 aliphatic carbocycles. The molecule has 132 valence electrons. The van der Waals surface area contributed by atoms with Crippen molar-refractivity contribution in [1.29, 1.82) is 0 Å². The Morgan fingerprint density at radius 1 is 1.38 bits per heavy atom.